The van der Waals surface area contributed by atoms with Gasteiger partial charge in [-0.3, -0.25) is 4.79 Å². The van der Waals surface area contributed by atoms with E-state index >= 15 is 0 Å². The summed E-state index contributed by atoms with van der Waals surface area (Å²) < 4.78 is 11.7. The second-order valence-electron chi connectivity index (χ2n) is 10.4. The van der Waals surface area contributed by atoms with Gasteiger partial charge in [0.25, 0.3) is 0 Å². The van der Waals surface area contributed by atoms with Crippen LogP contribution in [0, 0.1) is 5.92 Å². The number of benzene rings is 2. The molecule has 0 bridgehead atoms. The molecular formula is C33H40N4O4. The lowest BCUT2D eigenvalue weighted by molar-refractivity contribution is -0.123. The Hall–Kier alpha value is -4.33. The number of unbranched alkanes of at least 4 members (excludes halogenated alkanes) is 2. The third-order valence-corrected chi connectivity index (χ3v) is 7.30. The average molecular weight is 557 g/mol. The Morgan fingerprint density at radius 2 is 1.95 bits per heavy atom. The van der Waals surface area contributed by atoms with Gasteiger partial charge in [0.2, 0.25) is 5.91 Å². The van der Waals surface area contributed by atoms with Gasteiger partial charge < -0.3 is 25.0 Å². The smallest absolute Gasteiger partial charge is 0.317 e. The Balaban J connectivity index is 1.48. The number of ether oxygens (including phenoxy) is 2. The van der Waals surface area contributed by atoms with E-state index in [1.807, 2.05) is 66.7 Å². The van der Waals surface area contributed by atoms with Crippen LogP contribution in [0.2, 0.25) is 0 Å². The summed E-state index contributed by atoms with van der Waals surface area (Å²) in [6, 6.07) is 16.5. The standard InChI is InChI=1S/C33H40N4O4/c1-5-7-8-12-18-37(3)33(39)36-27(32(38)35-28-20-23(28)6-2)17-19-41-31-22-29(24-13-10-9-11-14-24)34-30-21-25(40-4)15-16-26(30)31/h5-6,9-11,13-16,21-23,27-28H,1-2,7-8,12,17-20H2,3-4H3,(H,35,38)(H,36,39)/t23-,27?,28?/m1/s1. The number of urea groups is 1. The van der Waals surface area contributed by atoms with Crippen molar-refractivity contribution >= 4 is 22.8 Å². The molecule has 1 heterocycles. The molecule has 1 aromatic heterocycles. The van der Waals surface area contributed by atoms with Gasteiger partial charge in [0.15, 0.2) is 0 Å². The fourth-order valence-electron chi connectivity index (χ4n) is 4.66. The molecule has 2 N–H and O–H groups in total. The highest BCUT2D eigenvalue weighted by Crippen LogP contribution is 2.33. The maximum absolute atomic E-state index is 13.2. The predicted molar refractivity (Wildman–Crippen MR) is 163 cm³/mol. The van der Waals surface area contributed by atoms with Gasteiger partial charge in [0.1, 0.15) is 17.5 Å². The van der Waals surface area contributed by atoms with Crippen LogP contribution in [0.15, 0.2) is 79.9 Å². The van der Waals surface area contributed by atoms with E-state index in [9.17, 15) is 9.59 Å². The van der Waals surface area contributed by atoms with Crippen molar-refractivity contribution in [3.05, 3.63) is 79.9 Å². The Bertz CT molecular complexity index is 1360. The highest BCUT2D eigenvalue weighted by atomic mass is 16.5. The molecule has 8 nitrogen and oxygen atoms in total. The van der Waals surface area contributed by atoms with Gasteiger partial charge in [-0.25, -0.2) is 9.78 Å². The molecule has 0 radical (unpaired) electrons. The summed E-state index contributed by atoms with van der Waals surface area (Å²) >= 11 is 0. The molecule has 0 aliphatic heterocycles. The van der Waals surface area contributed by atoms with Crippen molar-refractivity contribution in [2.24, 2.45) is 5.92 Å². The number of fused-ring (bicyclic) bond motifs is 1. The lowest BCUT2D eigenvalue weighted by Gasteiger charge is -2.23. The van der Waals surface area contributed by atoms with E-state index < -0.39 is 6.04 Å². The van der Waals surface area contributed by atoms with Crippen LogP contribution >= 0.6 is 0 Å². The molecule has 1 aliphatic rings. The zero-order valence-corrected chi connectivity index (χ0v) is 24.0. The molecule has 41 heavy (non-hydrogen) atoms. The van der Waals surface area contributed by atoms with E-state index in [1.165, 1.54) is 0 Å². The maximum atomic E-state index is 13.2. The Labute approximate surface area is 242 Å². The fraction of sp³-hybridized carbons (Fsp3) is 0.364. The van der Waals surface area contributed by atoms with Crippen molar-refractivity contribution in [1.82, 2.24) is 20.5 Å². The van der Waals surface area contributed by atoms with Crippen LogP contribution in [0.5, 0.6) is 11.5 Å². The fourth-order valence-corrected chi connectivity index (χ4v) is 4.66. The van der Waals surface area contributed by atoms with Gasteiger partial charge in [-0.1, -0.05) is 42.5 Å². The number of carbonyl (C=O) groups excluding carboxylic acids is 2. The van der Waals surface area contributed by atoms with Gasteiger partial charge in [0, 0.05) is 49.1 Å². The zero-order valence-electron chi connectivity index (χ0n) is 24.0. The van der Waals surface area contributed by atoms with Crippen molar-refractivity contribution in [2.45, 2.75) is 44.2 Å². The molecule has 1 saturated carbocycles. The predicted octanol–water partition coefficient (Wildman–Crippen LogP) is 5.74. The van der Waals surface area contributed by atoms with Crippen molar-refractivity contribution in [1.29, 1.82) is 0 Å². The van der Waals surface area contributed by atoms with E-state index in [-0.39, 0.29) is 30.5 Å². The molecule has 0 spiro atoms. The first-order chi connectivity index (χ1) is 19.9. The number of nitrogens with one attached hydrogen (secondary N) is 2. The number of rotatable bonds is 15. The Kier molecular flexibility index (Phi) is 10.4. The first-order valence-electron chi connectivity index (χ1n) is 14.2. The van der Waals surface area contributed by atoms with E-state index in [4.69, 9.17) is 14.5 Å². The minimum Gasteiger partial charge on any atom is -0.497 e. The Morgan fingerprint density at radius 3 is 2.66 bits per heavy atom. The molecule has 2 aromatic carbocycles. The van der Waals surface area contributed by atoms with E-state index in [0.29, 0.717) is 24.5 Å². The summed E-state index contributed by atoms with van der Waals surface area (Å²) in [4.78, 5) is 32.6. The number of hydrogen-bond donors (Lipinski definition) is 2. The molecule has 2 unspecified atom stereocenters. The van der Waals surface area contributed by atoms with Crippen LogP contribution in [0.3, 0.4) is 0 Å². The summed E-state index contributed by atoms with van der Waals surface area (Å²) in [6.07, 6.45) is 7.63. The average Bonchev–Trinajstić information content (AvgIpc) is 3.76. The zero-order chi connectivity index (χ0) is 29.2. The molecule has 3 aromatic rings. The second kappa shape index (κ2) is 14.3. The number of hydrogen-bond acceptors (Lipinski definition) is 5. The maximum Gasteiger partial charge on any atom is 0.317 e. The van der Waals surface area contributed by atoms with Crippen molar-refractivity contribution in [3.63, 3.8) is 0 Å². The number of aromatic nitrogens is 1. The Morgan fingerprint density at radius 1 is 1.15 bits per heavy atom. The first-order valence-corrected chi connectivity index (χ1v) is 14.2. The molecular weight excluding hydrogens is 516 g/mol. The number of methoxy groups -OCH3 is 1. The van der Waals surface area contributed by atoms with Crippen LogP contribution in [0.25, 0.3) is 22.2 Å². The summed E-state index contributed by atoms with van der Waals surface area (Å²) in [6.45, 7) is 8.38. The van der Waals surface area contributed by atoms with E-state index in [1.54, 1.807) is 19.1 Å². The molecule has 3 amide bonds. The van der Waals surface area contributed by atoms with Crippen molar-refractivity contribution in [2.75, 3.05) is 27.3 Å². The van der Waals surface area contributed by atoms with E-state index in [2.05, 4.69) is 23.8 Å². The molecule has 1 aliphatic carbocycles. The monoisotopic (exact) mass is 556 g/mol. The number of pyridine rings is 1. The number of amides is 3. The van der Waals surface area contributed by atoms with Gasteiger partial charge in [-0.05, 0) is 43.7 Å². The normalized spacial score (nSPS) is 16.3. The minimum absolute atomic E-state index is 0.0597. The van der Waals surface area contributed by atoms with Crippen LogP contribution in [0.1, 0.15) is 32.1 Å². The van der Waals surface area contributed by atoms with Crippen LogP contribution in [-0.4, -0.2) is 61.2 Å². The molecule has 8 heteroatoms. The second-order valence-corrected chi connectivity index (χ2v) is 10.4. The van der Waals surface area contributed by atoms with Gasteiger partial charge in [-0.15, -0.1) is 13.2 Å². The van der Waals surface area contributed by atoms with Gasteiger partial charge in [0.05, 0.1) is 24.9 Å². The molecule has 216 valence electrons. The topological polar surface area (TPSA) is 92.8 Å². The lowest BCUT2D eigenvalue weighted by Crippen LogP contribution is -2.51. The lowest BCUT2D eigenvalue weighted by atomic mass is 10.1. The molecule has 0 saturated heterocycles. The quantitative estimate of drug-likeness (QED) is 0.184. The summed E-state index contributed by atoms with van der Waals surface area (Å²) in [5.74, 6) is 1.41. The molecule has 1 fully saturated rings. The van der Waals surface area contributed by atoms with Crippen LogP contribution in [-0.2, 0) is 4.79 Å². The van der Waals surface area contributed by atoms with Crippen molar-refractivity contribution < 1.29 is 19.1 Å². The minimum atomic E-state index is -0.744. The van der Waals surface area contributed by atoms with Crippen LogP contribution in [0.4, 0.5) is 4.79 Å². The summed E-state index contributed by atoms with van der Waals surface area (Å²) in [7, 11) is 3.36. The highest BCUT2D eigenvalue weighted by Gasteiger charge is 2.37. The number of allylic oxidation sites excluding steroid dienone is 1. The number of nitrogens with zero attached hydrogens (tertiary/aromatic N) is 2. The largest absolute Gasteiger partial charge is 0.497 e. The van der Waals surface area contributed by atoms with Gasteiger partial charge in [-0.2, -0.15) is 0 Å². The summed E-state index contributed by atoms with van der Waals surface area (Å²) in [5.41, 5.74) is 2.47. The van der Waals surface area contributed by atoms with Gasteiger partial charge >= 0.3 is 6.03 Å². The molecule has 4 rings (SSSR count). The molecule has 3 atom stereocenters. The third kappa shape index (κ3) is 8.10. The van der Waals surface area contributed by atoms with Crippen molar-refractivity contribution in [3.8, 4) is 22.8 Å². The SMILES string of the molecule is C=CCCCCN(C)C(=O)NC(CCOc1cc(-c2ccccc2)nc2cc(OC)ccc12)C(=O)NC1C[C@H]1C=C. The summed E-state index contributed by atoms with van der Waals surface area (Å²) in [5, 5.41) is 6.80. The van der Waals surface area contributed by atoms with E-state index in [0.717, 1.165) is 47.8 Å². The first kappa shape index (κ1) is 29.6. The highest BCUT2D eigenvalue weighted by molar-refractivity contribution is 5.89. The van der Waals surface area contributed by atoms with Crippen LogP contribution < -0.4 is 20.1 Å². The number of carbonyl (C=O) groups is 2. The third-order valence-electron chi connectivity index (χ3n) is 7.30.